The van der Waals surface area contributed by atoms with Gasteiger partial charge in [0.25, 0.3) is 5.69 Å². The van der Waals surface area contributed by atoms with Gasteiger partial charge in [-0.25, -0.2) is 0 Å². The molecule has 0 bridgehead atoms. The molecule has 0 saturated carbocycles. The Balaban J connectivity index is 2.53. The highest BCUT2D eigenvalue weighted by Gasteiger charge is 2.10. The molecular weight excluding hydrogens is 222 g/mol. The van der Waals surface area contributed by atoms with Crippen molar-refractivity contribution in [3.05, 3.63) is 33.9 Å². The number of nitrogens with one attached hydrogen (secondary N) is 1. The minimum atomic E-state index is -0.422. The van der Waals surface area contributed by atoms with Crippen LogP contribution in [-0.2, 0) is 0 Å². The van der Waals surface area contributed by atoms with Crippen LogP contribution < -0.4 is 10.5 Å². The molecule has 1 aromatic rings. The molecule has 0 atom stereocenters. The van der Waals surface area contributed by atoms with Gasteiger partial charge in [-0.1, -0.05) is 0 Å². The van der Waals surface area contributed by atoms with Gasteiger partial charge in [0, 0.05) is 18.1 Å². The fourth-order valence-corrected chi connectivity index (χ4v) is 1.38. The molecule has 0 unspecified atom stereocenters. The molecule has 0 spiro atoms. The molecule has 0 aliphatic carbocycles. The third-order valence-corrected chi connectivity index (χ3v) is 2.22. The first-order chi connectivity index (χ1) is 8.00. The second-order valence-electron chi connectivity index (χ2n) is 3.68. The van der Waals surface area contributed by atoms with Gasteiger partial charge in [-0.3, -0.25) is 15.5 Å². The maximum Gasteiger partial charge on any atom is 0.272 e. The molecule has 6 nitrogen and oxygen atoms in total. The number of nitrogens with two attached hydrogens (primary N) is 1. The largest absolute Gasteiger partial charge is 0.494 e. The summed E-state index contributed by atoms with van der Waals surface area (Å²) >= 11 is 0. The first-order valence-corrected chi connectivity index (χ1v) is 5.21. The number of rotatable bonds is 6. The molecular formula is C11H15N3O3. The lowest BCUT2D eigenvalue weighted by Gasteiger charge is -2.06. The van der Waals surface area contributed by atoms with E-state index in [4.69, 9.17) is 15.9 Å². The first-order valence-electron chi connectivity index (χ1n) is 5.21. The number of nitro benzene ring substituents is 1. The molecule has 1 rings (SSSR count). The number of benzene rings is 1. The Morgan fingerprint density at radius 1 is 1.59 bits per heavy atom. The van der Waals surface area contributed by atoms with Crippen LogP contribution in [0.3, 0.4) is 0 Å². The van der Waals surface area contributed by atoms with Crippen molar-refractivity contribution >= 4 is 11.5 Å². The van der Waals surface area contributed by atoms with Crippen LogP contribution in [0, 0.1) is 22.4 Å². The van der Waals surface area contributed by atoms with Gasteiger partial charge < -0.3 is 10.5 Å². The van der Waals surface area contributed by atoms with Gasteiger partial charge in [-0.2, -0.15) is 0 Å². The second-order valence-corrected chi connectivity index (χ2v) is 3.68. The summed E-state index contributed by atoms with van der Waals surface area (Å²) in [5.41, 5.74) is 5.85. The van der Waals surface area contributed by atoms with Crippen molar-refractivity contribution in [1.29, 1.82) is 5.41 Å². The number of nitro groups is 1. The van der Waals surface area contributed by atoms with Gasteiger partial charge in [0.15, 0.2) is 0 Å². The van der Waals surface area contributed by atoms with Gasteiger partial charge >= 0.3 is 0 Å². The lowest BCUT2D eigenvalue weighted by atomic mass is 10.2. The number of hydrogen-bond acceptors (Lipinski definition) is 4. The van der Waals surface area contributed by atoms with Gasteiger partial charge in [-0.05, 0) is 25.5 Å². The second kappa shape index (κ2) is 5.83. The van der Waals surface area contributed by atoms with Crippen molar-refractivity contribution < 1.29 is 9.66 Å². The standard InChI is InChI=1S/C11H15N3O3/c1-8-7-9(4-5-10(8)14(15)16)17-6-2-3-11(12)13/h4-5,7H,2-3,6H2,1H3,(H3,12,13). The number of hydrogen-bond donors (Lipinski definition) is 2. The zero-order valence-corrected chi connectivity index (χ0v) is 9.60. The van der Waals surface area contributed by atoms with Gasteiger partial charge in [0.1, 0.15) is 5.75 Å². The minimum Gasteiger partial charge on any atom is -0.494 e. The van der Waals surface area contributed by atoms with E-state index in [2.05, 4.69) is 0 Å². The Labute approximate surface area is 99.0 Å². The van der Waals surface area contributed by atoms with E-state index in [1.54, 1.807) is 19.1 Å². The van der Waals surface area contributed by atoms with Crippen LogP contribution in [0.5, 0.6) is 5.75 Å². The molecule has 6 heteroatoms. The monoisotopic (exact) mass is 237 g/mol. The predicted molar refractivity (Wildman–Crippen MR) is 64.5 cm³/mol. The van der Waals surface area contributed by atoms with Gasteiger partial charge in [-0.15, -0.1) is 0 Å². The van der Waals surface area contributed by atoms with Crippen molar-refractivity contribution in [3.8, 4) is 5.75 Å². The number of nitrogens with zero attached hydrogens (tertiary/aromatic N) is 1. The van der Waals surface area contributed by atoms with Crippen molar-refractivity contribution in [3.63, 3.8) is 0 Å². The third kappa shape index (κ3) is 4.10. The third-order valence-electron chi connectivity index (χ3n) is 2.22. The van der Waals surface area contributed by atoms with Crippen molar-refractivity contribution in [2.75, 3.05) is 6.61 Å². The molecule has 3 N–H and O–H groups in total. The zero-order valence-electron chi connectivity index (χ0n) is 9.60. The molecule has 0 radical (unpaired) electrons. The first kappa shape index (κ1) is 13.0. The summed E-state index contributed by atoms with van der Waals surface area (Å²) in [6.07, 6.45) is 1.15. The van der Waals surface area contributed by atoms with E-state index in [1.807, 2.05) is 0 Å². The van der Waals surface area contributed by atoms with Crippen LogP contribution in [-0.4, -0.2) is 17.4 Å². The van der Waals surface area contributed by atoms with Crippen LogP contribution >= 0.6 is 0 Å². The Kier molecular flexibility index (Phi) is 4.45. The molecule has 0 amide bonds. The van der Waals surface area contributed by atoms with Crippen LogP contribution in [0.2, 0.25) is 0 Å². The van der Waals surface area contributed by atoms with Gasteiger partial charge in [0.2, 0.25) is 0 Å². The normalized spacial score (nSPS) is 9.94. The molecule has 0 fully saturated rings. The van der Waals surface area contributed by atoms with Crippen molar-refractivity contribution in [2.24, 2.45) is 5.73 Å². The minimum absolute atomic E-state index is 0.0843. The molecule has 17 heavy (non-hydrogen) atoms. The quantitative estimate of drug-likeness (QED) is 0.259. The van der Waals surface area contributed by atoms with E-state index < -0.39 is 4.92 Å². The molecule has 0 heterocycles. The summed E-state index contributed by atoms with van der Waals surface area (Å²) in [6, 6.07) is 4.63. The maximum absolute atomic E-state index is 10.6. The molecule has 1 aromatic carbocycles. The average Bonchev–Trinajstić information content (AvgIpc) is 2.23. The molecule has 0 aromatic heterocycles. The van der Waals surface area contributed by atoms with Crippen LogP contribution in [0.1, 0.15) is 18.4 Å². The van der Waals surface area contributed by atoms with E-state index in [9.17, 15) is 10.1 Å². The number of aryl methyl sites for hydroxylation is 1. The van der Waals surface area contributed by atoms with E-state index in [-0.39, 0.29) is 11.5 Å². The molecule has 0 saturated heterocycles. The van der Waals surface area contributed by atoms with Crippen molar-refractivity contribution in [1.82, 2.24) is 0 Å². The Morgan fingerprint density at radius 3 is 2.82 bits per heavy atom. The van der Waals surface area contributed by atoms with E-state index in [0.29, 0.717) is 30.8 Å². The summed E-state index contributed by atoms with van der Waals surface area (Å²) in [5, 5.41) is 17.6. The van der Waals surface area contributed by atoms with Crippen LogP contribution in [0.15, 0.2) is 18.2 Å². The number of ether oxygens (including phenoxy) is 1. The fraction of sp³-hybridized carbons (Fsp3) is 0.364. The van der Waals surface area contributed by atoms with Gasteiger partial charge in [0.05, 0.1) is 17.4 Å². The highest BCUT2D eigenvalue weighted by atomic mass is 16.6. The van der Waals surface area contributed by atoms with Crippen molar-refractivity contribution in [2.45, 2.75) is 19.8 Å². The fourth-order valence-electron chi connectivity index (χ4n) is 1.38. The smallest absolute Gasteiger partial charge is 0.272 e. The highest BCUT2D eigenvalue weighted by Crippen LogP contribution is 2.23. The topological polar surface area (TPSA) is 102 Å². The average molecular weight is 237 g/mol. The summed E-state index contributed by atoms with van der Waals surface area (Å²) < 4.78 is 5.40. The zero-order chi connectivity index (χ0) is 12.8. The lowest BCUT2D eigenvalue weighted by Crippen LogP contribution is -2.11. The Hall–Kier alpha value is -2.11. The van der Waals surface area contributed by atoms with E-state index >= 15 is 0 Å². The summed E-state index contributed by atoms with van der Waals surface area (Å²) in [6.45, 7) is 2.11. The maximum atomic E-state index is 10.6. The van der Waals surface area contributed by atoms with Crippen LogP contribution in [0.25, 0.3) is 0 Å². The Bertz CT molecular complexity index is 432. The predicted octanol–water partition coefficient (Wildman–Crippen LogP) is 2.00. The molecule has 0 aliphatic rings. The molecule has 0 aliphatic heterocycles. The van der Waals surface area contributed by atoms with Crippen LogP contribution in [0.4, 0.5) is 5.69 Å². The Morgan fingerprint density at radius 2 is 2.29 bits per heavy atom. The highest BCUT2D eigenvalue weighted by molar-refractivity contribution is 5.76. The summed E-state index contributed by atoms with van der Waals surface area (Å²) in [7, 11) is 0. The SMILES string of the molecule is Cc1cc(OCCCC(=N)N)ccc1[N+](=O)[O-]. The van der Waals surface area contributed by atoms with E-state index in [1.165, 1.54) is 6.07 Å². The number of amidine groups is 1. The summed E-state index contributed by atoms with van der Waals surface area (Å²) in [4.78, 5) is 10.2. The van der Waals surface area contributed by atoms with E-state index in [0.717, 1.165) is 0 Å². The summed E-state index contributed by atoms with van der Waals surface area (Å²) in [5.74, 6) is 0.727. The lowest BCUT2D eigenvalue weighted by molar-refractivity contribution is -0.385. The molecule has 92 valence electrons.